The van der Waals surface area contributed by atoms with Gasteiger partial charge in [-0.05, 0) is 11.1 Å². The molecule has 7 nitrogen and oxygen atoms in total. The quantitative estimate of drug-likeness (QED) is 0.741. The number of amides is 1. The van der Waals surface area contributed by atoms with E-state index in [9.17, 15) is 9.59 Å². The minimum absolute atomic E-state index is 0.129. The van der Waals surface area contributed by atoms with Crippen molar-refractivity contribution in [1.29, 1.82) is 0 Å². The Labute approximate surface area is 121 Å². The average Bonchev–Trinajstić information content (AvgIpc) is 2.95. The Balaban J connectivity index is 2.02. The van der Waals surface area contributed by atoms with Crippen molar-refractivity contribution in [3.05, 3.63) is 53.1 Å². The number of methoxy groups -OCH3 is 1. The number of hydrogen-bond acceptors (Lipinski definition) is 4. The van der Waals surface area contributed by atoms with E-state index in [1.54, 1.807) is 7.11 Å². The lowest BCUT2D eigenvalue weighted by Gasteiger charge is -2.06. The van der Waals surface area contributed by atoms with Crippen LogP contribution >= 0.6 is 0 Å². The van der Waals surface area contributed by atoms with Crippen LogP contribution in [-0.4, -0.2) is 34.1 Å². The number of carboxylic acids is 1. The van der Waals surface area contributed by atoms with E-state index in [1.807, 2.05) is 24.3 Å². The van der Waals surface area contributed by atoms with Gasteiger partial charge in [0, 0.05) is 13.7 Å². The third-order valence-electron chi connectivity index (χ3n) is 2.82. The number of nitrogens with zero attached hydrogens (tertiary/aromatic N) is 1. The molecule has 1 aromatic heterocycles. The molecule has 0 aliphatic heterocycles. The van der Waals surface area contributed by atoms with E-state index in [1.165, 1.54) is 6.33 Å². The number of imidazole rings is 1. The van der Waals surface area contributed by atoms with Gasteiger partial charge in [0.05, 0.1) is 12.9 Å². The van der Waals surface area contributed by atoms with Crippen molar-refractivity contribution in [3.8, 4) is 0 Å². The van der Waals surface area contributed by atoms with Crippen LogP contribution in [-0.2, 0) is 17.9 Å². The molecule has 0 atom stereocenters. The van der Waals surface area contributed by atoms with Gasteiger partial charge < -0.3 is 20.1 Å². The molecule has 0 spiro atoms. The standard InChI is InChI=1S/C14H15N3O4/c1-21-7-10-4-2-3-9(5-10)6-15-13(18)11-12(14(19)20)17-8-16-11/h2-5,8H,6-7H2,1H3,(H,15,18)(H,16,17)(H,19,20). The van der Waals surface area contributed by atoms with Gasteiger partial charge in [-0.25, -0.2) is 9.78 Å². The predicted octanol–water partition coefficient (Wildman–Crippen LogP) is 1.18. The number of hydrogen-bond donors (Lipinski definition) is 3. The Kier molecular flexibility index (Phi) is 4.68. The number of H-pyrrole nitrogens is 1. The molecule has 2 rings (SSSR count). The molecule has 2 aromatic rings. The molecule has 0 unspecified atom stereocenters. The molecule has 0 bridgehead atoms. The first-order valence-corrected chi connectivity index (χ1v) is 6.23. The highest BCUT2D eigenvalue weighted by Crippen LogP contribution is 2.07. The average molecular weight is 289 g/mol. The largest absolute Gasteiger partial charge is 0.477 e. The minimum atomic E-state index is -1.22. The number of carbonyl (C=O) groups excluding carboxylic acids is 1. The summed E-state index contributed by atoms with van der Waals surface area (Å²) in [5.74, 6) is -1.76. The van der Waals surface area contributed by atoms with E-state index in [2.05, 4.69) is 15.3 Å². The summed E-state index contributed by atoms with van der Waals surface area (Å²) in [6, 6.07) is 7.56. The molecule has 1 heterocycles. The van der Waals surface area contributed by atoms with Crippen molar-refractivity contribution in [3.63, 3.8) is 0 Å². The first-order valence-electron chi connectivity index (χ1n) is 6.23. The van der Waals surface area contributed by atoms with E-state index in [4.69, 9.17) is 9.84 Å². The van der Waals surface area contributed by atoms with Crippen LogP contribution in [0.1, 0.15) is 32.1 Å². The van der Waals surface area contributed by atoms with Crippen LogP contribution in [0.4, 0.5) is 0 Å². The Morgan fingerprint density at radius 2 is 2.14 bits per heavy atom. The van der Waals surface area contributed by atoms with E-state index in [-0.39, 0.29) is 17.9 Å². The number of rotatable bonds is 6. The smallest absolute Gasteiger partial charge is 0.354 e. The second-order valence-electron chi connectivity index (χ2n) is 4.37. The van der Waals surface area contributed by atoms with Crippen molar-refractivity contribution in [1.82, 2.24) is 15.3 Å². The number of aromatic nitrogens is 2. The van der Waals surface area contributed by atoms with Gasteiger partial charge >= 0.3 is 5.97 Å². The number of benzene rings is 1. The second kappa shape index (κ2) is 6.67. The van der Waals surface area contributed by atoms with E-state index < -0.39 is 11.9 Å². The fourth-order valence-corrected chi connectivity index (χ4v) is 1.89. The summed E-state index contributed by atoms with van der Waals surface area (Å²) < 4.78 is 5.04. The van der Waals surface area contributed by atoms with Crippen LogP contribution in [0.3, 0.4) is 0 Å². The maximum atomic E-state index is 11.9. The van der Waals surface area contributed by atoms with Crippen LogP contribution in [0.5, 0.6) is 0 Å². The fourth-order valence-electron chi connectivity index (χ4n) is 1.89. The summed E-state index contributed by atoms with van der Waals surface area (Å²) in [6.07, 6.45) is 1.18. The van der Waals surface area contributed by atoms with E-state index in [0.29, 0.717) is 6.61 Å². The van der Waals surface area contributed by atoms with Gasteiger partial charge in [-0.2, -0.15) is 0 Å². The van der Waals surface area contributed by atoms with Crippen LogP contribution < -0.4 is 5.32 Å². The van der Waals surface area contributed by atoms with E-state index >= 15 is 0 Å². The van der Waals surface area contributed by atoms with Gasteiger partial charge in [-0.15, -0.1) is 0 Å². The number of carbonyl (C=O) groups is 2. The summed E-state index contributed by atoms with van der Waals surface area (Å²) in [5, 5.41) is 11.6. The summed E-state index contributed by atoms with van der Waals surface area (Å²) >= 11 is 0. The van der Waals surface area contributed by atoms with E-state index in [0.717, 1.165) is 11.1 Å². The molecule has 0 aliphatic rings. The first kappa shape index (κ1) is 14.7. The lowest BCUT2D eigenvalue weighted by Crippen LogP contribution is -2.25. The highest BCUT2D eigenvalue weighted by atomic mass is 16.5. The zero-order chi connectivity index (χ0) is 15.2. The highest BCUT2D eigenvalue weighted by Gasteiger charge is 2.19. The molecular weight excluding hydrogens is 274 g/mol. The molecule has 0 aliphatic carbocycles. The van der Waals surface area contributed by atoms with Gasteiger partial charge in [-0.3, -0.25) is 4.79 Å². The number of ether oxygens (including phenoxy) is 1. The number of carboxylic acid groups (broad SMARTS) is 1. The molecule has 7 heteroatoms. The summed E-state index contributed by atoms with van der Waals surface area (Å²) in [6.45, 7) is 0.770. The number of aromatic amines is 1. The Bertz CT molecular complexity index is 651. The van der Waals surface area contributed by atoms with Crippen molar-refractivity contribution < 1.29 is 19.4 Å². The molecule has 0 saturated carbocycles. The van der Waals surface area contributed by atoms with Crippen molar-refractivity contribution in [2.75, 3.05) is 7.11 Å². The van der Waals surface area contributed by atoms with Gasteiger partial charge in [0.25, 0.3) is 5.91 Å². The molecule has 0 saturated heterocycles. The Morgan fingerprint density at radius 3 is 2.86 bits per heavy atom. The van der Waals surface area contributed by atoms with Gasteiger partial charge in [-0.1, -0.05) is 24.3 Å². The van der Waals surface area contributed by atoms with Crippen LogP contribution in [0, 0.1) is 0 Å². The SMILES string of the molecule is COCc1cccc(CNC(=O)c2nc[nH]c2C(=O)O)c1. The molecule has 0 radical (unpaired) electrons. The molecule has 1 amide bonds. The van der Waals surface area contributed by atoms with Crippen molar-refractivity contribution >= 4 is 11.9 Å². The van der Waals surface area contributed by atoms with Crippen molar-refractivity contribution in [2.24, 2.45) is 0 Å². The first-order chi connectivity index (χ1) is 10.1. The molecule has 1 aromatic carbocycles. The maximum absolute atomic E-state index is 11.9. The topological polar surface area (TPSA) is 104 Å². The van der Waals surface area contributed by atoms with Crippen molar-refractivity contribution in [2.45, 2.75) is 13.2 Å². The lowest BCUT2D eigenvalue weighted by atomic mass is 10.1. The Hall–Kier alpha value is -2.67. The zero-order valence-corrected chi connectivity index (χ0v) is 11.4. The third kappa shape index (κ3) is 3.67. The molecule has 0 fully saturated rings. The zero-order valence-electron chi connectivity index (χ0n) is 11.4. The lowest BCUT2D eigenvalue weighted by molar-refractivity contribution is 0.0685. The Morgan fingerprint density at radius 1 is 1.38 bits per heavy atom. The summed E-state index contributed by atoms with van der Waals surface area (Å²) in [4.78, 5) is 29.0. The monoisotopic (exact) mass is 289 g/mol. The minimum Gasteiger partial charge on any atom is -0.477 e. The van der Waals surface area contributed by atoms with Gasteiger partial charge in [0.15, 0.2) is 11.4 Å². The summed E-state index contributed by atoms with van der Waals surface area (Å²) in [7, 11) is 1.61. The number of nitrogens with one attached hydrogen (secondary N) is 2. The third-order valence-corrected chi connectivity index (χ3v) is 2.82. The van der Waals surface area contributed by atoms with Crippen LogP contribution in [0.2, 0.25) is 0 Å². The molecule has 110 valence electrons. The molecule has 3 N–H and O–H groups in total. The highest BCUT2D eigenvalue weighted by molar-refractivity contribution is 6.02. The maximum Gasteiger partial charge on any atom is 0.354 e. The molecular formula is C14H15N3O4. The molecule has 21 heavy (non-hydrogen) atoms. The van der Waals surface area contributed by atoms with Crippen LogP contribution in [0.25, 0.3) is 0 Å². The van der Waals surface area contributed by atoms with Gasteiger partial charge in [0.2, 0.25) is 0 Å². The fraction of sp³-hybridized carbons (Fsp3) is 0.214. The normalized spacial score (nSPS) is 10.3. The van der Waals surface area contributed by atoms with Gasteiger partial charge in [0.1, 0.15) is 0 Å². The second-order valence-corrected chi connectivity index (χ2v) is 4.37. The predicted molar refractivity (Wildman–Crippen MR) is 73.9 cm³/mol. The number of aromatic carboxylic acids is 1. The van der Waals surface area contributed by atoms with Crippen LogP contribution in [0.15, 0.2) is 30.6 Å². The summed E-state index contributed by atoms with van der Waals surface area (Å²) in [5.41, 5.74) is 1.54.